The SMILES string of the molecule is CC1CN(c2ccc(C(C)N)c(Br)c2)C(C)CO1. The summed E-state index contributed by atoms with van der Waals surface area (Å²) >= 11 is 3.61. The summed E-state index contributed by atoms with van der Waals surface area (Å²) in [5.74, 6) is 0. The second kappa shape index (κ2) is 5.59. The fourth-order valence-corrected chi connectivity index (χ4v) is 3.05. The molecule has 0 spiro atoms. The Morgan fingerprint density at radius 1 is 1.44 bits per heavy atom. The Bertz CT molecular complexity index is 422. The van der Waals surface area contributed by atoms with Crippen LogP contribution < -0.4 is 10.6 Å². The Morgan fingerprint density at radius 2 is 2.17 bits per heavy atom. The lowest BCUT2D eigenvalue weighted by atomic mass is 10.1. The first-order chi connectivity index (χ1) is 8.49. The Labute approximate surface area is 117 Å². The monoisotopic (exact) mass is 312 g/mol. The fourth-order valence-electron chi connectivity index (χ4n) is 2.33. The molecule has 0 amide bonds. The zero-order valence-corrected chi connectivity index (χ0v) is 12.8. The molecule has 1 aliphatic rings. The van der Waals surface area contributed by atoms with E-state index in [9.17, 15) is 0 Å². The molecule has 3 nitrogen and oxygen atoms in total. The Morgan fingerprint density at radius 3 is 2.78 bits per heavy atom. The molecule has 0 aliphatic carbocycles. The van der Waals surface area contributed by atoms with Gasteiger partial charge in [0.1, 0.15) is 0 Å². The number of nitrogens with zero attached hydrogens (tertiary/aromatic N) is 1. The Hall–Kier alpha value is -0.580. The molecular formula is C14H21BrN2O. The maximum atomic E-state index is 5.93. The minimum absolute atomic E-state index is 0.0504. The second-order valence-corrected chi connectivity index (χ2v) is 5.99. The molecule has 0 radical (unpaired) electrons. The zero-order valence-electron chi connectivity index (χ0n) is 11.2. The molecule has 3 unspecified atom stereocenters. The molecule has 1 fully saturated rings. The van der Waals surface area contributed by atoms with E-state index in [0.29, 0.717) is 6.04 Å². The number of hydrogen-bond donors (Lipinski definition) is 1. The normalized spacial score (nSPS) is 26.2. The third-order valence-corrected chi connectivity index (χ3v) is 4.10. The summed E-state index contributed by atoms with van der Waals surface area (Å²) in [4.78, 5) is 2.39. The van der Waals surface area contributed by atoms with Crippen LogP contribution >= 0.6 is 15.9 Å². The molecule has 2 rings (SSSR count). The van der Waals surface area contributed by atoms with E-state index >= 15 is 0 Å². The van der Waals surface area contributed by atoms with Gasteiger partial charge in [-0.25, -0.2) is 0 Å². The second-order valence-electron chi connectivity index (χ2n) is 5.14. The van der Waals surface area contributed by atoms with Crippen molar-refractivity contribution in [2.24, 2.45) is 5.73 Å². The molecule has 1 aliphatic heterocycles. The highest BCUT2D eigenvalue weighted by atomic mass is 79.9. The van der Waals surface area contributed by atoms with E-state index in [1.165, 1.54) is 5.69 Å². The Balaban J connectivity index is 2.25. The topological polar surface area (TPSA) is 38.5 Å². The molecule has 0 bridgehead atoms. The van der Waals surface area contributed by atoms with Crippen LogP contribution in [0.5, 0.6) is 0 Å². The fraction of sp³-hybridized carbons (Fsp3) is 0.571. The third kappa shape index (κ3) is 2.87. The van der Waals surface area contributed by atoms with Crippen LogP contribution in [0.25, 0.3) is 0 Å². The maximum Gasteiger partial charge on any atom is 0.0723 e. The Kier molecular flexibility index (Phi) is 4.30. The van der Waals surface area contributed by atoms with Gasteiger partial charge in [0.2, 0.25) is 0 Å². The minimum atomic E-state index is 0.0504. The summed E-state index contributed by atoms with van der Waals surface area (Å²) in [6.07, 6.45) is 0.285. The van der Waals surface area contributed by atoms with Gasteiger partial charge in [-0.15, -0.1) is 0 Å². The van der Waals surface area contributed by atoms with Gasteiger partial charge in [-0.1, -0.05) is 22.0 Å². The van der Waals surface area contributed by atoms with Crippen molar-refractivity contribution in [1.82, 2.24) is 0 Å². The average molecular weight is 313 g/mol. The summed E-state index contributed by atoms with van der Waals surface area (Å²) in [7, 11) is 0. The van der Waals surface area contributed by atoms with Crippen LogP contribution in [0.1, 0.15) is 32.4 Å². The summed E-state index contributed by atoms with van der Waals surface area (Å²) in [5.41, 5.74) is 8.31. The zero-order chi connectivity index (χ0) is 13.3. The summed E-state index contributed by atoms with van der Waals surface area (Å²) < 4.78 is 6.75. The van der Waals surface area contributed by atoms with Crippen LogP contribution in [0.2, 0.25) is 0 Å². The highest BCUT2D eigenvalue weighted by Crippen LogP contribution is 2.29. The van der Waals surface area contributed by atoms with E-state index in [1.807, 2.05) is 6.92 Å². The molecule has 2 N–H and O–H groups in total. The summed E-state index contributed by atoms with van der Waals surface area (Å²) in [6.45, 7) is 8.03. The van der Waals surface area contributed by atoms with Crippen LogP contribution in [0, 0.1) is 0 Å². The summed E-state index contributed by atoms with van der Waals surface area (Å²) in [5, 5.41) is 0. The van der Waals surface area contributed by atoms with E-state index in [0.717, 1.165) is 23.2 Å². The van der Waals surface area contributed by atoms with Crippen molar-refractivity contribution in [2.45, 2.75) is 39.0 Å². The molecule has 1 aromatic rings. The van der Waals surface area contributed by atoms with Gasteiger partial charge in [0.15, 0.2) is 0 Å². The van der Waals surface area contributed by atoms with Crippen LogP contribution in [-0.2, 0) is 4.74 Å². The number of ether oxygens (including phenoxy) is 1. The van der Waals surface area contributed by atoms with Gasteiger partial charge >= 0.3 is 0 Å². The molecular weight excluding hydrogens is 292 g/mol. The molecule has 4 heteroatoms. The lowest BCUT2D eigenvalue weighted by Crippen LogP contribution is -2.47. The van der Waals surface area contributed by atoms with Crippen molar-refractivity contribution in [3.63, 3.8) is 0 Å². The van der Waals surface area contributed by atoms with E-state index in [-0.39, 0.29) is 12.1 Å². The molecule has 100 valence electrons. The number of nitrogens with two attached hydrogens (primary N) is 1. The molecule has 0 aromatic heterocycles. The molecule has 1 heterocycles. The number of rotatable bonds is 2. The van der Waals surface area contributed by atoms with Crippen LogP contribution in [0.3, 0.4) is 0 Å². The lowest BCUT2D eigenvalue weighted by molar-refractivity contribution is 0.0344. The van der Waals surface area contributed by atoms with Crippen molar-refractivity contribution < 1.29 is 4.74 Å². The largest absolute Gasteiger partial charge is 0.375 e. The van der Waals surface area contributed by atoms with Gasteiger partial charge in [-0.2, -0.15) is 0 Å². The summed E-state index contributed by atoms with van der Waals surface area (Å²) in [6, 6.07) is 6.88. The number of hydrogen-bond acceptors (Lipinski definition) is 3. The number of halogens is 1. The van der Waals surface area contributed by atoms with Crippen molar-refractivity contribution in [1.29, 1.82) is 0 Å². The van der Waals surface area contributed by atoms with E-state index in [4.69, 9.17) is 10.5 Å². The third-order valence-electron chi connectivity index (χ3n) is 3.41. The van der Waals surface area contributed by atoms with Gasteiger partial charge in [-0.3, -0.25) is 0 Å². The molecule has 3 atom stereocenters. The lowest BCUT2D eigenvalue weighted by Gasteiger charge is -2.38. The molecule has 1 saturated heterocycles. The smallest absolute Gasteiger partial charge is 0.0723 e. The predicted molar refractivity (Wildman–Crippen MR) is 79.0 cm³/mol. The first kappa shape index (κ1) is 13.8. The predicted octanol–water partition coefficient (Wildman–Crippen LogP) is 3.08. The minimum Gasteiger partial charge on any atom is -0.375 e. The van der Waals surface area contributed by atoms with Crippen molar-refractivity contribution in [2.75, 3.05) is 18.1 Å². The van der Waals surface area contributed by atoms with Crippen molar-refractivity contribution in [3.8, 4) is 0 Å². The first-order valence-electron chi connectivity index (χ1n) is 6.42. The molecule has 1 aromatic carbocycles. The average Bonchev–Trinajstić information content (AvgIpc) is 2.31. The highest BCUT2D eigenvalue weighted by molar-refractivity contribution is 9.10. The van der Waals surface area contributed by atoms with Gasteiger partial charge in [0, 0.05) is 28.8 Å². The number of benzene rings is 1. The maximum absolute atomic E-state index is 5.93. The van der Waals surface area contributed by atoms with Crippen LogP contribution in [0.15, 0.2) is 22.7 Å². The van der Waals surface area contributed by atoms with Gasteiger partial charge in [-0.05, 0) is 38.5 Å². The van der Waals surface area contributed by atoms with Crippen LogP contribution in [-0.4, -0.2) is 25.3 Å². The van der Waals surface area contributed by atoms with E-state index in [2.05, 4.69) is 52.9 Å². The van der Waals surface area contributed by atoms with Gasteiger partial charge in [0.25, 0.3) is 0 Å². The first-order valence-corrected chi connectivity index (χ1v) is 7.21. The van der Waals surface area contributed by atoms with E-state index in [1.54, 1.807) is 0 Å². The van der Waals surface area contributed by atoms with Crippen molar-refractivity contribution in [3.05, 3.63) is 28.2 Å². The van der Waals surface area contributed by atoms with Crippen LogP contribution in [0.4, 0.5) is 5.69 Å². The number of anilines is 1. The quantitative estimate of drug-likeness (QED) is 0.912. The highest BCUT2D eigenvalue weighted by Gasteiger charge is 2.24. The number of morpholine rings is 1. The van der Waals surface area contributed by atoms with Gasteiger partial charge < -0.3 is 15.4 Å². The van der Waals surface area contributed by atoms with Gasteiger partial charge in [0.05, 0.1) is 12.7 Å². The molecule has 0 saturated carbocycles. The van der Waals surface area contributed by atoms with E-state index < -0.39 is 0 Å². The standard InChI is InChI=1S/C14H21BrN2O/c1-9-8-18-10(2)7-17(9)12-4-5-13(11(3)16)14(15)6-12/h4-6,9-11H,7-8,16H2,1-3H3. The molecule has 18 heavy (non-hydrogen) atoms. The van der Waals surface area contributed by atoms with Crippen molar-refractivity contribution >= 4 is 21.6 Å².